The first-order valence-electron chi connectivity index (χ1n) is 7.76. The molecule has 1 atom stereocenters. The molecule has 0 amide bonds. The fraction of sp³-hybridized carbons (Fsp3) is 0.333. The Hall–Kier alpha value is -2.15. The maximum atomic E-state index is 14.3. The predicted octanol–water partition coefficient (Wildman–Crippen LogP) is 4.82. The van der Waals surface area contributed by atoms with E-state index in [1.807, 2.05) is 0 Å². The molecular weight excluding hydrogens is 341 g/mol. The lowest BCUT2D eigenvalue weighted by Crippen LogP contribution is -2.31. The average molecular weight is 359 g/mol. The molecule has 0 fully saturated rings. The normalized spacial score (nSPS) is 12.5. The third-order valence-corrected chi connectivity index (χ3v) is 4.13. The molecule has 2 aromatic carbocycles. The van der Waals surface area contributed by atoms with Gasteiger partial charge in [0.2, 0.25) is 5.82 Å². The highest BCUT2D eigenvalue weighted by atomic mass is 19.2. The molecule has 25 heavy (non-hydrogen) atoms. The number of halogens is 5. The van der Waals surface area contributed by atoms with Crippen molar-refractivity contribution in [3.63, 3.8) is 0 Å². The van der Waals surface area contributed by atoms with Crippen LogP contribution in [0.2, 0.25) is 0 Å². The van der Waals surface area contributed by atoms with Crippen LogP contribution in [-0.4, -0.2) is 25.1 Å². The summed E-state index contributed by atoms with van der Waals surface area (Å²) in [5, 5.41) is 0. The monoisotopic (exact) mass is 359 g/mol. The van der Waals surface area contributed by atoms with Crippen molar-refractivity contribution in [2.75, 3.05) is 20.2 Å². The molecule has 1 unspecified atom stereocenters. The van der Waals surface area contributed by atoms with Crippen molar-refractivity contribution < 1.29 is 26.7 Å². The summed E-state index contributed by atoms with van der Waals surface area (Å²) in [5.41, 5.74) is -0.460. The second-order valence-electron chi connectivity index (χ2n) is 5.38. The lowest BCUT2D eigenvalue weighted by atomic mass is 9.95. The summed E-state index contributed by atoms with van der Waals surface area (Å²) in [6.07, 6.45) is 0. The van der Waals surface area contributed by atoms with E-state index in [1.54, 1.807) is 43.0 Å². The fourth-order valence-electron chi connectivity index (χ4n) is 2.80. The highest BCUT2D eigenvalue weighted by molar-refractivity contribution is 5.38. The zero-order valence-electron chi connectivity index (χ0n) is 14.0. The molecule has 0 aliphatic heterocycles. The summed E-state index contributed by atoms with van der Waals surface area (Å²) in [6.45, 7) is 4.19. The molecule has 2 rings (SSSR count). The molecule has 136 valence electrons. The molecule has 2 aromatic rings. The smallest absolute Gasteiger partial charge is 0.200 e. The summed E-state index contributed by atoms with van der Waals surface area (Å²) >= 11 is 0. The quantitative estimate of drug-likeness (QED) is 0.416. The number of rotatable bonds is 6. The molecular formula is C18H18F5NO. The maximum Gasteiger partial charge on any atom is 0.200 e. The lowest BCUT2D eigenvalue weighted by Gasteiger charge is -2.31. The Morgan fingerprint density at radius 1 is 0.800 bits per heavy atom. The molecule has 0 spiro atoms. The predicted molar refractivity (Wildman–Crippen MR) is 84.0 cm³/mol. The molecule has 0 aliphatic rings. The molecule has 7 heteroatoms. The highest BCUT2D eigenvalue weighted by Crippen LogP contribution is 2.35. The molecule has 0 heterocycles. The third kappa shape index (κ3) is 3.46. The number of benzene rings is 2. The first kappa shape index (κ1) is 19.2. The van der Waals surface area contributed by atoms with Crippen molar-refractivity contribution in [2.45, 2.75) is 19.9 Å². The number of ether oxygens (including phenoxy) is 1. The molecule has 0 bridgehead atoms. The second-order valence-corrected chi connectivity index (χ2v) is 5.38. The van der Waals surface area contributed by atoms with Crippen molar-refractivity contribution in [3.05, 3.63) is 64.5 Å². The van der Waals surface area contributed by atoms with E-state index in [4.69, 9.17) is 4.74 Å². The Bertz CT molecular complexity index is 715. The summed E-state index contributed by atoms with van der Waals surface area (Å²) in [6, 6.07) is 5.10. The van der Waals surface area contributed by atoms with Crippen LogP contribution >= 0.6 is 0 Å². The highest BCUT2D eigenvalue weighted by Gasteiger charge is 2.33. The summed E-state index contributed by atoms with van der Waals surface area (Å²) in [7, 11) is 1.46. The van der Waals surface area contributed by atoms with Gasteiger partial charge >= 0.3 is 0 Å². The van der Waals surface area contributed by atoms with E-state index in [1.165, 1.54) is 7.11 Å². The minimum absolute atomic E-state index is 0.354. The largest absolute Gasteiger partial charge is 0.497 e. The van der Waals surface area contributed by atoms with Crippen LogP contribution in [0.5, 0.6) is 5.75 Å². The Kier molecular flexibility index (Phi) is 6.00. The average Bonchev–Trinajstić information content (AvgIpc) is 2.64. The van der Waals surface area contributed by atoms with Crippen molar-refractivity contribution >= 4 is 0 Å². The fourth-order valence-corrected chi connectivity index (χ4v) is 2.80. The molecule has 0 N–H and O–H groups in total. The van der Waals surface area contributed by atoms with E-state index >= 15 is 0 Å². The topological polar surface area (TPSA) is 12.5 Å². The van der Waals surface area contributed by atoms with Gasteiger partial charge in [0.1, 0.15) is 5.75 Å². The zero-order valence-corrected chi connectivity index (χ0v) is 14.0. The minimum Gasteiger partial charge on any atom is -0.497 e. The van der Waals surface area contributed by atoms with Crippen LogP contribution in [0, 0.1) is 29.1 Å². The van der Waals surface area contributed by atoms with Gasteiger partial charge in [-0.05, 0) is 30.8 Å². The first-order valence-corrected chi connectivity index (χ1v) is 7.76. The lowest BCUT2D eigenvalue weighted by molar-refractivity contribution is 0.234. The Morgan fingerprint density at radius 3 is 1.64 bits per heavy atom. The number of nitrogens with zero attached hydrogens (tertiary/aromatic N) is 1. The van der Waals surface area contributed by atoms with Gasteiger partial charge in [-0.3, -0.25) is 4.90 Å². The van der Waals surface area contributed by atoms with Gasteiger partial charge in [-0.2, -0.15) is 0 Å². The first-order chi connectivity index (χ1) is 11.9. The van der Waals surface area contributed by atoms with Crippen LogP contribution in [0.25, 0.3) is 0 Å². The standard InChI is InChI=1S/C18H18F5NO/c1-4-24(5-2)18(10-6-8-11(25-3)9-7-10)12-13(19)15(21)17(23)16(22)14(12)20/h6-9,18H,4-5H2,1-3H3. The van der Waals surface area contributed by atoms with Gasteiger partial charge in [0.15, 0.2) is 23.3 Å². The summed E-state index contributed by atoms with van der Waals surface area (Å²) in [5.74, 6) is -9.17. The molecule has 0 aromatic heterocycles. The van der Waals surface area contributed by atoms with Gasteiger partial charge in [-0.1, -0.05) is 26.0 Å². The zero-order chi connectivity index (χ0) is 18.7. The van der Waals surface area contributed by atoms with Crippen LogP contribution in [0.3, 0.4) is 0 Å². The summed E-state index contributed by atoms with van der Waals surface area (Å²) in [4.78, 5) is 1.61. The number of methoxy groups -OCH3 is 1. The third-order valence-electron chi connectivity index (χ3n) is 4.13. The Balaban J connectivity index is 2.72. The summed E-state index contributed by atoms with van der Waals surface area (Å²) < 4.78 is 74.4. The number of hydrogen-bond donors (Lipinski definition) is 0. The molecule has 2 nitrogen and oxygen atoms in total. The molecule has 0 aliphatic carbocycles. The molecule has 0 saturated carbocycles. The van der Waals surface area contributed by atoms with Crippen LogP contribution in [0.15, 0.2) is 24.3 Å². The Labute approximate surface area is 142 Å². The van der Waals surface area contributed by atoms with Crippen LogP contribution in [0.1, 0.15) is 31.0 Å². The number of hydrogen-bond acceptors (Lipinski definition) is 2. The van der Waals surface area contributed by atoms with Gasteiger partial charge in [-0.15, -0.1) is 0 Å². The van der Waals surface area contributed by atoms with E-state index < -0.39 is 40.7 Å². The Morgan fingerprint density at radius 2 is 1.24 bits per heavy atom. The minimum atomic E-state index is -2.16. The van der Waals surface area contributed by atoms with E-state index in [-0.39, 0.29) is 0 Å². The molecule has 0 saturated heterocycles. The van der Waals surface area contributed by atoms with Gasteiger partial charge in [-0.25, -0.2) is 22.0 Å². The van der Waals surface area contributed by atoms with Gasteiger partial charge in [0.25, 0.3) is 0 Å². The van der Waals surface area contributed by atoms with Crippen molar-refractivity contribution in [1.29, 1.82) is 0 Å². The van der Waals surface area contributed by atoms with Crippen LogP contribution in [-0.2, 0) is 0 Å². The second kappa shape index (κ2) is 7.82. The SMILES string of the molecule is CCN(CC)C(c1ccc(OC)cc1)c1c(F)c(F)c(F)c(F)c1F. The van der Waals surface area contributed by atoms with Crippen LogP contribution < -0.4 is 4.74 Å². The van der Waals surface area contributed by atoms with E-state index in [2.05, 4.69) is 0 Å². The van der Waals surface area contributed by atoms with Crippen molar-refractivity contribution in [1.82, 2.24) is 4.90 Å². The van der Waals surface area contributed by atoms with E-state index in [0.717, 1.165) is 0 Å². The molecule has 0 radical (unpaired) electrons. The van der Waals surface area contributed by atoms with Gasteiger partial charge < -0.3 is 4.74 Å². The van der Waals surface area contributed by atoms with Crippen LogP contribution in [0.4, 0.5) is 22.0 Å². The maximum absolute atomic E-state index is 14.3. The van der Waals surface area contributed by atoms with Gasteiger partial charge in [0.05, 0.1) is 18.7 Å². The van der Waals surface area contributed by atoms with E-state index in [9.17, 15) is 22.0 Å². The van der Waals surface area contributed by atoms with Crippen molar-refractivity contribution in [3.8, 4) is 5.75 Å². The van der Waals surface area contributed by atoms with Crippen molar-refractivity contribution in [2.24, 2.45) is 0 Å². The van der Waals surface area contributed by atoms with E-state index in [0.29, 0.717) is 24.4 Å². The van der Waals surface area contributed by atoms with Gasteiger partial charge in [0, 0.05) is 0 Å².